The first-order valence-electron chi connectivity index (χ1n) is 14.2. The van der Waals surface area contributed by atoms with E-state index in [2.05, 4.69) is 6.92 Å². The van der Waals surface area contributed by atoms with Gasteiger partial charge in [0.15, 0.2) is 0 Å². The molecule has 0 radical (unpaired) electrons. The standard InChI is InChI=1S/C32H27F7.C2H6/c1-18-2-6-22-13-19(5-7-21(22)12-18)3-4-20-14-28(34)30(29(35)15-20)23-8-9-25-24(16-23)17-27(33)26(31(25)36)10-11-32(37,38)39;1-2/h3-4,8-9,14-19,21-22H,2,5-7,12-13H2,1H3;1-2H3/b4-3+;. The van der Waals surface area contributed by atoms with Crippen molar-refractivity contribution in [2.24, 2.45) is 23.7 Å². The van der Waals surface area contributed by atoms with Gasteiger partial charge in [-0.15, -0.1) is 0 Å². The summed E-state index contributed by atoms with van der Waals surface area (Å²) < 4.78 is 96.5. The smallest absolute Gasteiger partial charge is 0.206 e. The number of alkyl halides is 3. The number of hydrogen-bond acceptors (Lipinski definition) is 0. The van der Waals surface area contributed by atoms with Crippen molar-refractivity contribution in [1.29, 1.82) is 0 Å². The lowest BCUT2D eigenvalue weighted by atomic mass is 9.65. The van der Waals surface area contributed by atoms with E-state index in [1.807, 2.05) is 19.9 Å². The molecule has 2 fully saturated rings. The van der Waals surface area contributed by atoms with E-state index < -0.39 is 35.0 Å². The van der Waals surface area contributed by atoms with Gasteiger partial charge >= 0.3 is 6.18 Å². The highest BCUT2D eigenvalue weighted by atomic mass is 19.4. The minimum Gasteiger partial charge on any atom is -0.206 e. The van der Waals surface area contributed by atoms with E-state index in [0.29, 0.717) is 11.5 Å². The monoisotopic (exact) mass is 574 g/mol. The lowest BCUT2D eigenvalue weighted by Gasteiger charge is -2.40. The number of halogens is 7. The third-order valence-electron chi connectivity index (χ3n) is 8.19. The Morgan fingerprint density at radius 2 is 1.46 bits per heavy atom. The maximum atomic E-state index is 15.1. The first kappa shape index (κ1) is 30.7. The highest BCUT2D eigenvalue weighted by Gasteiger charge is 2.33. The second-order valence-corrected chi connectivity index (χ2v) is 11.0. The second kappa shape index (κ2) is 12.7. The molecule has 2 saturated carbocycles. The molecule has 0 spiro atoms. The van der Waals surface area contributed by atoms with Gasteiger partial charge in [0.25, 0.3) is 0 Å². The molecule has 4 atom stereocenters. The Bertz CT molecular complexity index is 1470. The van der Waals surface area contributed by atoms with Crippen molar-refractivity contribution in [3.63, 3.8) is 0 Å². The molecule has 0 aliphatic heterocycles. The topological polar surface area (TPSA) is 0 Å². The van der Waals surface area contributed by atoms with Crippen LogP contribution in [0.4, 0.5) is 30.7 Å². The number of hydrogen-bond donors (Lipinski definition) is 0. The van der Waals surface area contributed by atoms with Crippen molar-refractivity contribution in [3.8, 4) is 23.0 Å². The molecule has 41 heavy (non-hydrogen) atoms. The summed E-state index contributed by atoms with van der Waals surface area (Å²) in [5, 5.41) is -0.273. The molecule has 2 aliphatic rings. The maximum absolute atomic E-state index is 15.1. The van der Waals surface area contributed by atoms with Gasteiger partial charge in [-0.2, -0.15) is 13.2 Å². The van der Waals surface area contributed by atoms with Crippen molar-refractivity contribution in [2.45, 2.75) is 65.5 Å². The Morgan fingerprint density at radius 3 is 2.15 bits per heavy atom. The SMILES string of the molecule is CC.CC1CCC2CC(/C=C/c3cc(F)c(-c4ccc5c(F)c(C#CC(F)(F)F)c(F)cc5c4)c(F)c3)CCC2C1. The third kappa shape index (κ3) is 7.15. The van der Waals surface area contributed by atoms with Crippen LogP contribution in [0.5, 0.6) is 0 Å². The van der Waals surface area contributed by atoms with Gasteiger partial charge in [-0.05, 0) is 96.6 Å². The molecule has 0 aromatic heterocycles. The maximum Gasteiger partial charge on any atom is 0.458 e. The largest absolute Gasteiger partial charge is 0.458 e. The fourth-order valence-electron chi connectivity index (χ4n) is 6.28. The average Bonchev–Trinajstić information content (AvgIpc) is 2.91. The molecule has 7 heteroatoms. The predicted octanol–water partition coefficient (Wildman–Crippen LogP) is 10.9. The summed E-state index contributed by atoms with van der Waals surface area (Å²) in [5.41, 5.74) is -0.940. The number of rotatable bonds is 3. The summed E-state index contributed by atoms with van der Waals surface area (Å²) in [4.78, 5) is 0. The van der Waals surface area contributed by atoms with Gasteiger partial charge in [0.1, 0.15) is 23.3 Å². The van der Waals surface area contributed by atoms with Crippen LogP contribution >= 0.6 is 0 Å². The zero-order valence-electron chi connectivity index (χ0n) is 23.3. The molecule has 0 heterocycles. The third-order valence-corrected chi connectivity index (χ3v) is 8.19. The number of allylic oxidation sites excluding steroid dienone is 1. The molecule has 218 valence electrons. The normalized spacial score (nSPS) is 22.5. The van der Waals surface area contributed by atoms with E-state index in [4.69, 9.17) is 0 Å². The number of benzene rings is 3. The van der Waals surface area contributed by atoms with E-state index in [-0.39, 0.29) is 21.9 Å². The molecule has 0 bridgehead atoms. The predicted molar refractivity (Wildman–Crippen MR) is 150 cm³/mol. The minimum atomic E-state index is -4.91. The summed E-state index contributed by atoms with van der Waals surface area (Å²) in [6.07, 6.45) is 6.04. The van der Waals surface area contributed by atoms with Crippen molar-refractivity contribution >= 4 is 16.8 Å². The highest BCUT2D eigenvalue weighted by Crippen LogP contribution is 2.45. The summed E-state index contributed by atoms with van der Waals surface area (Å²) in [6.45, 7) is 6.32. The molecule has 0 amide bonds. The van der Waals surface area contributed by atoms with Crippen LogP contribution in [0.2, 0.25) is 0 Å². The van der Waals surface area contributed by atoms with Gasteiger partial charge in [-0.1, -0.05) is 57.4 Å². The van der Waals surface area contributed by atoms with Gasteiger partial charge in [0.2, 0.25) is 0 Å². The Morgan fingerprint density at radius 1 is 0.805 bits per heavy atom. The molecular formula is C34H33F7. The second-order valence-electron chi connectivity index (χ2n) is 11.0. The highest BCUT2D eigenvalue weighted by molar-refractivity contribution is 5.89. The Hall–Kier alpha value is -3.27. The van der Waals surface area contributed by atoms with Gasteiger partial charge in [0.05, 0.1) is 11.1 Å². The van der Waals surface area contributed by atoms with Crippen molar-refractivity contribution in [3.05, 3.63) is 76.9 Å². The quantitative estimate of drug-likeness (QED) is 0.216. The fraction of sp³-hybridized carbons (Fsp3) is 0.412. The van der Waals surface area contributed by atoms with Crippen molar-refractivity contribution in [1.82, 2.24) is 0 Å². The molecular weight excluding hydrogens is 541 g/mol. The lowest BCUT2D eigenvalue weighted by Crippen LogP contribution is -2.29. The molecule has 0 saturated heterocycles. The molecule has 3 aromatic rings. The van der Waals surface area contributed by atoms with Crippen LogP contribution in [0.1, 0.15) is 70.4 Å². The first-order chi connectivity index (χ1) is 19.5. The first-order valence-corrected chi connectivity index (χ1v) is 14.2. The van der Waals surface area contributed by atoms with Crippen LogP contribution in [0.25, 0.3) is 28.0 Å². The Labute approximate surface area is 236 Å². The Balaban J connectivity index is 0.00000189. The van der Waals surface area contributed by atoms with Crippen LogP contribution < -0.4 is 0 Å². The van der Waals surface area contributed by atoms with Crippen LogP contribution in [-0.2, 0) is 0 Å². The van der Waals surface area contributed by atoms with Gasteiger partial charge in [-0.3, -0.25) is 0 Å². The molecule has 0 N–H and O–H groups in total. The van der Waals surface area contributed by atoms with Crippen LogP contribution in [-0.4, -0.2) is 6.18 Å². The molecule has 3 aromatic carbocycles. The number of fused-ring (bicyclic) bond motifs is 2. The molecule has 2 aliphatic carbocycles. The zero-order chi connectivity index (χ0) is 29.9. The fourth-order valence-corrected chi connectivity index (χ4v) is 6.28. The summed E-state index contributed by atoms with van der Waals surface area (Å²) in [7, 11) is 0. The lowest BCUT2D eigenvalue weighted by molar-refractivity contribution is -0.0696. The van der Waals surface area contributed by atoms with E-state index in [0.717, 1.165) is 48.6 Å². The van der Waals surface area contributed by atoms with Crippen LogP contribution in [0.3, 0.4) is 0 Å². The summed E-state index contributed by atoms with van der Waals surface area (Å²) in [5.74, 6) is 0.785. The van der Waals surface area contributed by atoms with Crippen LogP contribution in [0.15, 0.2) is 42.5 Å². The van der Waals surface area contributed by atoms with E-state index in [9.17, 15) is 22.0 Å². The molecule has 0 nitrogen and oxygen atoms in total. The van der Waals surface area contributed by atoms with Gasteiger partial charge in [0, 0.05) is 11.3 Å². The van der Waals surface area contributed by atoms with Crippen molar-refractivity contribution in [2.75, 3.05) is 0 Å². The molecule has 5 rings (SSSR count). The minimum absolute atomic E-state index is 0.0470. The van der Waals surface area contributed by atoms with Crippen LogP contribution in [0, 0.1) is 58.8 Å². The van der Waals surface area contributed by atoms with E-state index >= 15 is 8.78 Å². The van der Waals surface area contributed by atoms with Gasteiger partial charge in [-0.25, -0.2) is 17.6 Å². The van der Waals surface area contributed by atoms with E-state index in [1.165, 1.54) is 55.9 Å². The van der Waals surface area contributed by atoms with Gasteiger partial charge < -0.3 is 0 Å². The van der Waals surface area contributed by atoms with Crippen molar-refractivity contribution < 1.29 is 30.7 Å². The summed E-state index contributed by atoms with van der Waals surface area (Å²) >= 11 is 0. The Kier molecular flexibility index (Phi) is 9.51. The molecule has 4 unspecified atom stereocenters. The zero-order valence-corrected chi connectivity index (χ0v) is 23.3. The van der Waals surface area contributed by atoms with E-state index in [1.54, 1.807) is 6.08 Å². The summed E-state index contributed by atoms with van der Waals surface area (Å²) in [6, 6.07) is 6.84. The average molecular weight is 575 g/mol.